The van der Waals surface area contributed by atoms with Gasteiger partial charge in [-0.1, -0.05) is 24.3 Å². The summed E-state index contributed by atoms with van der Waals surface area (Å²) in [5, 5.41) is 2.99. The summed E-state index contributed by atoms with van der Waals surface area (Å²) in [5.74, 6) is 0.0405. The summed E-state index contributed by atoms with van der Waals surface area (Å²) in [6.07, 6.45) is 0. The van der Waals surface area contributed by atoms with Gasteiger partial charge < -0.3 is 15.8 Å². The van der Waals surface area contributed by atoms with E-state index in [4.69, 9.17) is 10.5 Å². The van der Waals surface area contributed by atoms with Crippen molar-refractivity contribution < 1.29 is 9.13 Å². The van der Waals surface area contributed by atoms with Gasteiger partial charge >= 0.3 is 0 Å². The lowest BCUT2D eigenvalue weighted by Crippen LogP contribution is -2.22. The second kappa shape index (κ2) is 7.40. The van der Waals surface area contributed by atoms with Crippen LogP contribution in [0.2, 0.25) is 0 Å². The molecule has 110 valence electrons. The number of hydrogen-bond acceptors (Lipinski definition) is 2. The van der Waals surface area contributed by atoms with Crippen molar-refractivity contribution in [2.45, 2.75) is 13.2 Å². The van der Waals surface area contributed by atoms with Crippen molar-refractivity contribution in [2.75, 3.05) is 12.4 Å². The molecule has 2 rings (SSSR count). The van der Waals surface area contributed by atoms with Gasteiger partial charge in [0.05, 0.1) is 13.2 Å². The normalized spacial score (nSPS) is 11.4. The minimum atomic E-state index is -0.278. The third kappa shape index (κ3) is 4.57. The Hall–Kier alpha value is -2.40. The molecule has 0 amide bonds. The number of benzene rings is 2. The van der Waals surface area contributed by atoms with E-state index in [1.807, 2.05) is 30.3 Å². The quantitative estimate of drug-likeness (QED) is 0.656. The van der Waals surface area contributed by atoms with Crippen LogP contribution in [0.15, 0.2) is 53.5 Å². The topological polar surface area (TPSA) is 59.6 Å². The standard InChI is InChI=1S/C16H18FN3O/c1-21-11-13-9-12(7-8-15(13)17)10-19-16(18)20-14-5-3-2-4-6-14/h2-9H,10-11H2,1H3,(H3,18,19,20). The van der Waals surface area contributed by atoms with Crippen LogP contribution in [0.5, 0.6) is 0 Å². The van der Waals surface area contributed by atoms with Gasteiger partial charge in [-0.3, -0.25) is 0 Å². The summed E-state index contributed by atoms with van der Waals surface area (Å²) in [4.78, 5) is 4.24. The number of guanidine groups is 1. The van der Waals surface area contributed by atoms with Gasteiger partial charge in [-0.2, -0.15) is 0 Å². The summed E-state index contributed by atoms with van der Waals surface area (Å²) in [7, 11) is 1.53. The van der Waals surface area contributed by atoms with E-state index in [0.717, 1.165) is 11.3 Å². The molecule has 21 heavy (non-hydrogen) atoms. The highest BCUT2D eigenvalue weighted by atomic mass is 19.1. The molecule has 3 N–H and O–H groups in total. The van der Waals surface area contributed by atoms with E-state index in [1.54, 1.807) is 12.1 Å². The lowest BCUT2D eigenvalue weighted by atomic mass is 10.1. The van der Waals surface area contributed by atoms with Crippen molar-refractivity contribution in [2.24, 2.45) is 10.7 Å². The number of anilines is 1. The number of halogens is 1. The van der Waals surface area contributed by atoms with Gasteiger partial charge in [0.1, 0.15) is 5.82 Å². The van der Waals surface area contributed by atoms with Crippen molar-refractivity contribution in [3.8, 4) is 0 Å². The van der Waals surface area contributed by atoms with E-state index in [9.17, 15) is 4.39 Å². The molecule has 2 aromatic rings. The Balaban J connectivity index is 2.01. The number of aliphatic imine (C=N–C) groups is 1. The number of hydrogen-bond donors (Lipinski definition) is 2. The largest absolute Gasteiger partial charge is 0.380 e. The van der Waals surface area contributed by atoms with Gasteiger partial charge in [0, 0.05) is 18.4 Å². The molecule has 0 aliphatic heterocycles. The second-order valence-electron chi connectivity index (χ2n) is 4.55. The maximum atomic E-state index is 13.5. The number of methoxy groups -OCH3 is 1. The van der Waals surface area contributed by atoms with Gasteiger partial charge in [-0.25, -0.2) is 9.38 Å². The molecule has 5 heteroatoms. The fraction of sp³-hybridized carbons (Fsp3) is 0.188. The Labute approximate surface area is 123 Å². The molecule has 0 unspecified atom stereocenters. The van der Waals surface area contributed by atoms with E-state index in [-0.39, 0.29) is 12.4 Å². The van der Waals surface area contributed by atoms with E-state index >= 15 is 0 Å². The van der Waals surface area contributed by atoms with Crippen molar-refractivity contribution in [3.05, 3.63) is 65.5 Å². The molecule has 0 aromatic heterocycles. The number of para-hydroxylation sites is 1. The minimum Gasteiger partial charge on any atom is -0.380 e. The fourth-order valence-corrected chi connectivity index (χ4v) is 1.88. The van der Waals surface area contributed by atoms with Gasteiger partial charge in [0.15, 0.2) is 5.96 Å². The monoisotopic (exact) mass is 287 g/mol. The van der Waals surface area contributed by atoms with Crippen LogP contribution >= 0.6 is 0 Å². The molecule has 0 radical (unpaired) electrons. The molecule has 2 aromatic carbocycles. The molecule has 0 aliphatic carbocycles. The van der Waals surface area contributed by atoms with Crippen LogP contribution in [-0.4, -0.2) is 13.1 Å². The highest BCUT2D eigenvalue weighted by molar-refractivity contribution is 5.92. The van der Waals surface area contributed by atoms with Gasteiger partial charge in [0.2, 0.25) is 0 Å². The summed E-state index contributed by atoms with van der Waals surface area (Å²) >= 11 is 0. The number of rotatable bonds is 5. The number of ether oxygens (including phenoxy) is 1. The number of nitrogens with two attached hydrogens (primary N) is 1. The third-order valence-corrected chi connectivity index (χ3v) is 2.89. The molecule has 0 heterocycles. The molecule has 0 aliphatic rings. The van der Waals surface area contributed by atoms with E-state index in [0.29, 0.717) is 18.1 Å². The first-order chi connectivity index (χ1) is 10.2. The highest BCUT2D eigenvalue weighted by Gasteiger charge is 2.03. The predicted molar refractivity (Wildman–Crippen MR) is 82.5 cm³/mol. The first-order valence-electron chi connectivity index (χ1n) is 6.57. The molecule has 4 nitrogen and oxygen atoms in total. The Morgan fingerprint density at radius 1 is 1.24 bits per heavy atom. The van der Waals surface area contributed by atoms with Crippen molar-refractivity contribution in [3.63, 3.8) is 0 Å². The first-order valence-corrected chi connectivity index (χ1v) is 6.57. The van der Waals surface area contributed by atoms with Crippen LogP contribution in [0.25, 0.3) is 0 Å². The van der Waals surface area contributed by atoms with Crippen molar-refractivity contribution >= 4 is 11.6 Å². The third-order valence-electron chi connectivity index (χ3n) is 2.89. The lowest BCUT2D eigenvalue weighted by molar-refractivity contribution is 0.181. The van der Waals surface area contributed by atoms with Gasteiger partial charge in [0.25, 0.3) is 0 Å². The van der Waals surface area contributed by atoms with Crippen LogP contribution < -0.4 is 11.1 Å². The molecule has 0 saturated carbocycles. The Kier molecular flexibility index (Phi) is 5.29. The van der Waals surface area contributed by atoms with Crippen LogP contribution in [-0.2, 0) is 17.9 Å². The molecule has 0 bridgehead atoms. The van der Waals surface area contributed by atoms with E-state index in [2.05, 4.69) is 10.3 Å². The molecular formula is C16H18FN3O. The van der Waals surface area contributed by atoms with E-state index in [1.165, 1.54) is 13.2 Å². The fourth-order valence-electron chi connectivity index (χ4n) is 1.88. The zero-order valence-electron chi connectivity index (χ0n) is 11.8. The summed E-state index contributed by atoms with van der Waals surface area (Å²) in [5.41, 5.74) is 8.08. The molecule has 0 fully saturated rings. The van der Waals surface area contributed by atoms with Crippen LogP contribution in [0, 0.1) is 5.82 Å². The average Bonchev–Trinajstić information content (AvgIpc) is 2.49. The maximum Gasteiger partial charge on any atom is 0.193 e. The predicted octanol–water partition coefficient (Wildman–Crippen LogP) is 2.90. The lowest BCUT2D eigenvalue weighted by Gasteiger charge is -2.07. The number of nitrogens with zero attached hydrogens (tertiary/aromatic N) is 1. The summed E-state index contributed by atoms with van der Waals surface area (Å²) in [6.45, 7) is 0.615. The smallest absolute Gasteiger partial charge is 0.193 e. The van der Waals surface area contributed by atoms with Gasteiger partial charge in [-0.15, -0.1) is 0 Å². The molecule has 0 spiro atoms. The highest BCUT2D eigenvalue weighted by Crippen LogP contribution is 2.12. The Morgan fingerprint density at radius 2 is 2.00 bits per heavy atom. The molecule has 0 atom stereocenters. The maximum absolute atomic E-state index is 13.5. The second-order valence-corrected chi connectivity index (χ2v) is 4.55. The molecular weight excluding hydrogens is 269 g/mol. The average molecular weight is 287 g/mol. The zero-order chi connectivity index (χ0) is 15.1. The van der Waals surface area contributed by atoms with Gasteiger partial charge in [-0.05, 0) is 29.8 Å². The zero-order valence-corrected chi connectivity index (χ0v) is 11.8. The SMILES string of the molecule is COCc1cc(CN=C(N)Nc2ccccc2)ccc1F. The van der Waals surface area contributed by atoms with Crippen LogP contribution in [0.3, 0.4) is 0 Å². The van der Waals surface area contributed by atoms with Crippen LogP contribution in [0.1, 0.15) is 11.1 Å². The summed E-state index contributed by atoms with van der Waals surface area (Å²) in [6, 6.07) is 14.4. The minimum absolute atomic E-state index is 0.237. The van der Waals surface area contributed by atoms with Crippen molar-refractivity contribution in [1.82, 2.24) is 0 Å². The molecule has 0 saturated heterocycles. The Morgan fingerprint density at radius 3 is 2.71 bits per heavy atom. The number of nitrogens with one attached hydrogen (secondary N) is 1. The summed E-state index contributed by atoms with van der Waals surface area (Å²) < 4.78 is 18.4. The van der Waals surface area contributed by atoms with Crippen molar-refractivity contribution in [1.29, 1.82) is 0 Å². The van der Waals surface area contributed by atoms with E-state index < -0.39 is 0 Å². The van der Waals surface area contributed by atoms with Crippen LogP contribution in [0.4, 0.5) is 10.1 Å². The Bertz CT molecular complexity index is 614. The first kappa shape index (κ1) is 15.0.